The lowest BCUT2D eigenvalue weighted by atomic mass is 9.93. The molecule has 0 bridgehead atoms. The van der Waals surface area contributed by atoms with E-state index in [0.717, 1.165) is 13.1 Å². The van der Waals surface area contributed by atoms with E-state index in [1.807, 2.05) is 18.7 Å². The molecule has 2 aromatic heterocycles. The van der Waals surface area contributed by atoms with Crippen molar-refractivity contribution >= 4 is 10.9 Å². The van der Waals surface area contributed by atoms with Gasteiger partial charge in [0.25, 0.3) is 0 Å². The second kappa shape index (κ2) is 3.96. The Kier molecular flexibility index (Phi) is 2.26. The number of hydrogen-bond acceptors (Lipinski definition) is 2. The number of fused-ring (bicyclic) bond motifs is 1. The van der Waals surface area contributed by atoms with Gasteiger partial charge >= 0.3 is 0 Å². The summed E-state index contributed by atoms with van der Waals surface area (Å²) in [4.78, 5) is 4.12. The van der Waals surface area contributed by atoms with Crippen LogP contribution >= 0.6 is 0 Å². The van der Waals surface area contributed by atoms with Crippen LogP contribution in [0.15, 0.2) is 43.1 Å². The lowest BCUT2D eigenvalue weighted by molar-refractivity contribution is 0.450. The summed E-state index contributed by atoms with van der Waals surface area (Å²) >= 11 is 0. The molecule has 4 heteroatoms. The molecule has 3 aromatic rings. The quantitative estimate of drug-likeness (QED) is 0.757. The fraction of sp³-hybridized carbons (Fsp3) is 0.267. The van der Waals surface area contributed by atoms with Crippen molar-refractivity contribution in [3.05, 3.63) is 48.7 Å². The summed E-state index contributed by atoms with van der Waals surface area (Å²) in [6.45, 7) is 2.18. The van der Waals surface area contributed by atoms with Gasteiger partial charge in [-0.15, -0.1) is 0 Å². The van der Waals surface area contributed by atoms with E-state index in [1.54, 1.807) is 0 Å². The van der Waals surface area contributed by atoms with E-state index < -0.39 is 0 Å². The van der Waals surface area contributed by atoms with Crippen LogP contribution in [0.2, 0.25) is 0 Å². The maximum atomic E-state index is 4.12. The van der Waals surface area contributed by atoms with E-state index >= 15 is 0 Å². The van der Waals surface area contributed by atoms with Crippen molar-refractivity contribution in [1.29, 1.82) is 0 Å². The van der Waals surface area contributed by atoms with Crippen molar-refractivity contribution < 1.29 is 0 Å². The van der Waals surface area contributed by atoms with E-state index in [-0.39, 0.29) is 0 Å². The summed E-state index contributed by atoms with van der Waals surface area (Å²) < 4.78 is 4.27. The maximum absolute atomic E-state index is 4.12. The van der Waals surface area contributed by atoms with Crippen LogP contribution in [0.1, 0.15) is 11.5 Å². The van der Waals surface area contributed by atoms with Gasteiger partial charge in [-0.2, -0.15) is 0 Å². The van der Waals surface area contributed by atoms with Crippen molar-refractivity contribution in [1.82, 2.24) is 19.4 Å². The summed E-state index contributed by atoms with van der Waals surface area (Å²) in [5.74, 6) is 0.654. The molecule has 1 N–H and O–H groups in total. The molecular weight excluding hydrogens is 236 g/mol. The van der Waals surface area contributed by atoms with Crippen molar-refractivity contribution in [3.63, 3.8) is 0 Å². The molecule has 19 heavy (non-hydrogen) atoms. The minimum absolute atomic E-state index is 0.654. The van der Waals surface area contributed by atoms with Crippen LogP contribution in [0.25, 0.3) is 16.6 Å². The van der Waals surface area contributed by atoms with Crippen LogP contribution < -0.4 is 5.32 Å². The largest absolute Gasteiger partial charge is 0.350 e. The van der Waals surface area contributed by atoms with Crippen molar-refractivity contribution in [2.24, 2.45) is 7.05 Å². The molecule has 0 unspecified atom stereocenters. The Morgan fingerprint density at radius 3 is 2.89 bits per heavy atom. The third-order valence-electron chi connectivity index (χ3n) is 4.03. The number of aromatic nitrogens is 3. The van der Waals surface area contributed by atoms with E-state index in [2.05, 4.69) is 50.9 Å². The highest BCUT2D eigenvalue weighted by atomic mass is 15.0. The summed E-state index contributed by atoms with van der Waals surface area (Å²) in [6, 6.07) is 6.61. The fourth-order valence-electron chi connectivity index (χ4n) is 2.82. The Balaban J connectivity index is 1.91. The van der Waals surface area contributed by atoms with Crippen LogP contribution in [0, 0.1) is 0 Å². The normalized spacial score (nSPS) is 15.8. The highest BCUT2D eigenvalue weighted by Gasteiger charge is 2.22. The average molecular weight is 252 g/mol. The molecule has 0 radical (unpaired) electrons. The van der Waals surface area contributed by atoms with Gasteiger partial charge < -0.3 is 14.5 Å². The maximum Gasteiger partial charge on any atom is 0.0991 e. The van der Waals surface area contributed by atoms with E-state index in [1.165, 1.54) is 22.2 Å². The second-order valence-corrected chi connectivity index (χ2v) is 5.22. The predicted octanol–water partition coefficient (Wildman–Crippen LogP) is 2.05. The molecule has 0 saturated carbocycles. The number of benzene rings is 1. The zero-order valence-electron chi connectivity index (χ0n) is 10.9. The van der Waals surface area contributed by atoms with E-state index in [9.17, 15) is 0 Å². The summed E-state index contributed by atoms with van der Waals surface area (Å²) in [7, 11) is 2.12. The summed E-state index contributed by atoms with van der Waals surface area (Å²) in [6.07, 6.45) is 7.91. The Morgan fingerprint density at radius 2 is 2.21 bits per heavy atom. The minimum atomic E-state index is 0.654. The zero-order chi connectivity index (χ0) is 12.8. The van der Waals surface area contributed by atoms with Gasteiger partial charge in [-0.1, -0.05) is 0 Å². The molecule has 4 rings (SSSR count). The Morgan fingerprint density at radius 1 is 1.32 bits per heavy atom. The van der Waals surface area contributed by atoms with Crippen LogP contribution in [0.4, 0.5) is 0 Å². The molecule has 3 heterocycles. The van der Waals surface area contributed by atoms with Gasteiger partial charge in [-0.05, 0) is 23.8 Å². The smallest absolute Gasteiger partial charge is 0.0991 e. The standard InChI is InChI=1S/C15H16N4/c1-18-9-14(11-7-17-8-11)13-6-12(2-3-15(13)18)19-5-4-16-10-19/h2-6,9-11,17H,7-8H2,1H3. The van der Waals surface area contributed by atoms with Crippen LogP contribution in [-0.4, -0.2) is 27.2 Å². The Hall–Kier alpha value is -2.07. The van der Waals surface area contributed by atoms with Gasteiger partial charge in [0.15, 0.2) is 0 Å². The third-order valence-corrected chi connectivity index (χ3v) is 4.03. The topological polar surface area (TPSA) is 34.8 Å². The van der Waals surface area contributed by atoms with Crippen LogP contribution in [0.5, 0.6) is 0 Å². The number of hydrogen-bond donors (Lipinski definition) is 1. The molecule has 4 nitrogen and oxygen atoms in total. The first-order valence-corrected chi connectivity index (χ1v) is 6.61. The molecule has 1 aliphatic heterocycles. The number of rotatable bonds is 2. The highest BCUT2D eigenvalue weighted by molar-refractivity contribution is 5.86. The first kappa shape index (κ1) is 10.8. The molecule has 1 saturated heterocycles. The Labute approximate surface area is 111 Å². The lowest BCUT2D eigenvalue weighted by Gasteiger charge is -2.26. The minimum Gasteiger partial charge on any atom is -0.350 e. The Bertz CT molecular complexity index is 720. The van der Waals surface area contributed by atoms with Crippen molar-refractivity contribution in [3.8, 4) is 5.69 Å². The molecular formula is C15H16N4. The predicted molar refractivity (Wildman–Crippen MR) is 75.7 cm³/mol. The third kappa shape index (κ3) is 1.60. The number of aryl methyl sites for hydroxylation is 1. The average Bonchev–Trinajstić information content (AvgIpc) is 2.97. The van der Waals surface area contributed by atoms with Gasteiger partial charge in [0.05, 0.1) is 6.33 Å². The first-order chi connectivity index (χ1) is 9.33. The van der Waals surface area contributed by atoms with Crippen LogP contribution in [0.3, 0.4) is 0 Å². The zero-order valence-corrected chi connectivity index (χ0v) is 10.9. The lowest BCUT2D eigenvalue weighted by Crippen LogP contribution is -2.39. The molecule has 1 aliphatic rings. The molecule has 0 aliphatic carbocycles. The number of nitrogens with one attached hydrogen (secondary N) is 1. The number of nitrogens with zero attached hydrogens (tertiary/aromatic N) is 3. The molecule has 96 valence electrons. The molecule has 0 amide bonds. The van der Waals surface area contributed by atoms with Gasteiger partial charge in [0.1, 0.15) is 0 Å². The number of imidazole rings is 1. The fourth-order valence-corrected chi connectivity index (χ4v) is 2.82. The molecule has 1 fully saturated rings. The van der Waals surface area contributed by atoms with Gasteiger partial charge in [-0.3, -0.25) is 0 Å². The van der Waals surface area contributed by atoms with Gasteiger partial charge in [-0.25, -0.2) is 4.98 Å². The molecule has 1 aromatic carbocycles. The van der Waals surface area contributed by atoms with Crippen molar-refractivity contribution in [2.75, 3.05) is 13.1 Å². The monoisotopic (exact) mass is 252 g/mol. The summed E-state index contributed by atoms with van der Waals surface area (Å²) in [5, 5.41) is 4.71. The molecule has 0 atom stereocenters. The second-order valence-electron chi connectivity index (χ2n) is 5.22. The van der Waals surface area contributed by atoms with E-state index in [0.29, 0.717) is 5.92 Å². The highest BCUT2D eigenvalue weighted by Crippen LogP contribution is 2.31. The SMILES string of the molecule is Cn1cc(C2CNC2)c2cc(-n3ccnc3)ccc21. The van der Waals surface area contributed by atoms with Gasteiger partial charge in [0.2, 0.25) is 0 Å². The van der Waals surface area contributed by atoms with Crippen molar-refractivity contribution in [2.45, 2.75) is 5.92 Å². The summed E-state index contributed by atoms with van der Waals surface area (Å²) in [5.41, 5.74) is 3.92. The van der Waals surface area contributed by atoms with Gasteiger partial charge in [0, 0.05) is 61.2 Å². The van der Waals surface area contributed by atoms with E-state index in [4.69, 9.17) is 0 Å². The first-order valence-electron chi connectivity index (χ1n) is 6.61. The van der Waals surface area contributed by atoms with Crippen LogP contribution in [-0.2, 0) is 7.05 Å². The molecule has 0 spiro atoms.